The Labute approximate surface area is 136 Å². The second kappa shape index (κ2) is 5.48. The second-order valence-corrected chi connectivity index (χ2v) is 7.28. The van der Waals surface area contributed by atoms with Gasteiger partial charge in [-0.15, -0.1) is 0 Å². The summed E-state index contributed by atoms with van der Waals surface area (Å²) in [5.41, 5.74) is 2.32. The van der Waals surface area contributed by atoms with Crippen molar-refractivity contribution in [3.8, 4) is 11.4 Å². The maximum atomic E-state index is 12.1. The standard InChI is InChI=1S/C15H16ClIN2O/c1-8-5-6-9(7-10(8)16)13-18-12(15(2,3)4)11(17)14(20)19-13/h5-7H,1-4H3,(H,18,19,20). The fourth-order valence-corrected chi connectivity index (χ4v) is 3.08. The molecule has 1 aromatic heterocycles. The third-order valence-corrected chi connectivity index (χ3v) is 4.43. The molecule has 0 saturated heterocycles. The van der Waals surface area contributed by atoms with Gasteiger partial charge < -0.3 is 4.98 Å². The summed E-state index contributed by atoms with van der Waals surface area (Å²) in [6, 6.07) is 5.67. The molecule has 0 bridgehead atoms. The Hall–Kier alpha value is -0.880. The van der Waals surface area contributed by atoms with Crippen LogP contribution in [0.2, 0.25) is 5.02 Å². The maximum absolute atomic E-state index is 12.1. The lowest BCUT2D eigenvalue weighted by molar-refractivity contribution is 0.562. The monoisotopic (exact) mass is 402 g/mol. The zero-order valence-corrected chi connectivity index (χ0v) is 14.8. The van der Waals surface area contributed by atoms with Gasteiger partial charge in [0.25, 0.3) is 5.56 Å². The Morgan fingerprint density at radius 2 is 1.95 bits per heavy atom. The zero-order chi connectivity index (χ0) is 15.1. The van der Waals surface area contributed by atoms with Crippen LogP contribution in [0.5, 0.6) is 0 Å². The van der Waals surface area contributed by atoms with Crippen molar-refractivity contribution in [2.45, 2.75) is 33.1 Å². The first-order valence-corrected chi connectivity index (χ1v) is 7.72. The fourth-order valence-electron chi connectivity index (χ4n) is 1.83. The van der Waals surface area contributed by atoms with Crippen molar-refractivity contribution in [1.29, 1.82) is 0 Å². The molecule has 0 amide bonds. The van der Waals surface area contributed by atoms with Crippen LogP contribution >= 0.6 is 34.2 Å². The van der Waals surface area contributed by atoms with Gasteiger partial charge in [-0.2, -0.15) is 0 Å². The van der Waals surface area contributed by atoms with Crippen LogP contribution in [0, 0.1) is 10.5 Å². The Morgan fingerprint density at radius 1 is 1.30 bits per heavy atom. The van der Waals surface area contributed by atoms with Crippen LogP contribution in [-0.2, 0) is 5.41 Å². The first-order valence-electron chi connectivity index (χ1n) is 6.27. The van der Waals surface area contributed by atoms with Gasteiger partial charge in [-0.3, -0.25) is 4.79 Å². The number of H-pyrrole nitrogens is 1. The lowest BCUT2D eigenvalue weighted by atomic mass is 9.92. The molecule has 1 aromatic carbocycles. The topological polar surface area (TPSA) is 45.8 Å². The Morgan fingerprint density at radius 3 is 2.50 bits per heavy atom. The van der Waals surface area contributed by atoms with Crippen molar-refractivity contribution < 1.29 is 0 Å². The largest absolute Gasteiger partial charge is 0.306 e. The highest BCUT2D eigenvalue weighted by Crippen LogP contribution is 2.27. The predicted octanol–water partition coefficient (Wildman–Crippen LogP) is 4.30. The molecule has 3 nitrogen and oxygen atoms in total. The van der Waals surface area contributed by atoms with E-state index in [2.05, 4.69) is 9.97 Å². The van der Waals surface area contributed by atoms with Crippen LogP contribution in [0.15, 0.2) is 23.0 Å². The van der Waals surface area contributed by atoms with E-state index < -0.39 is 0 Å². The second-order valence-electron chi connectivity index (χ2n) is 5.79. The van der Waals surface area contributed by atoms with Gasteiger partial charge in [0.2, 0.25) is 0 Å². The van der Waals surface area contributed by atoms with E-state index in [0.29, 0.717) is 14.4 Å². The number of aromatic amines is 1. The molecule has 1 N–H and O–H groups in total. The van der Waals surface area contributed by atoms with Gasteiger partial charge in [0, 0.05) is 16.0 Å². The lowest BCUT2D eigenvalue weighted by Gasteiger charge is -2.19. The molecule has 0 fully saturated rings. The molecule has 106 valence electrons. The van der Waals surface area contributed by atoms with Crippen LogP contribution in [0.3, 0.4) is 0 Å². The molecular formula is C15H16ClIN2O. The van der Waals surface area contributed by atoms with Crippen LogP contribution < -0.4 is 5.56 Å². The third-order valence-electron chi connectivity index (χ3n) is 3.02. The summed E-state index contributed by atoms with van der Waals surface area (Å²) in [5.74, 6) is 0.558. The maximum Gasteiger partial charge on any atom is 0.264 e. The van der Waals surface area contributed by atoms with E-state index in [0.717, 1.165) is 16.8 Å². The van der Waals surface area contributed by atoms with Crippen molar-refractivity contribution in [1.82, 2.24) is 9.97 Å². The van der Waals surface area contributed by atoms with Gasteiger partial charge in [-0.05, 0) is 41.1 Å². The molecule has 2 rings (SSSR count). The quantitative estimate of drug-likeness (QED) is 0.723. The van der Waals surface area contributed by atoms with E-state index in [9.17, 15) is 4.79 Å². The van der Waals surface area contributed by atoms with Gasteiger partial charge in [-0.1, -0.05) is 44.5 Å². The van der Waals surface area contributed by atoms with Crippen molar-refractivity contribution in [2.24, 2.45) is 0 Å². The van der Waals surface area contributed by atoms with Gasteiger partial charge in [0.15, 0.2) is 0 Å². The normalized spacial score (nSPS) is 11.7. The summed E-state index contributed by atoms with van der Waals surface area (Å²) in [4.78, 5) is 19.5. The zero-order valence-electron chi connectivity index (χ0n) is 11.8. The van der Waals surface area contributed by atoms with Crippen LogP contribution in [0.1, 0.15) is 32.0 Å². The molecule has 0 atom stereocenters. The first kappa shape index (κ1) is 15.5. The Bertz CT molecular complexity index is 717. The summed E-state index contributed by atoms with van der Waals surface area (Å²) < 4.78 is 0.636. The van der Waals surface area contributed by atoms with E-state index in [1.165, 1.54) is 0 Å². The number of nitrogens with one attached hydrogen (secondary N) is 1. The smallest absolute Gasteiger partial charge is 0.264 e. The van der Waals surface area contributed by atoms with Gasteiger partial charge in [-0.25, -0.2) is 4.98 Å². The van der Waals surface area contributed by atoms with Crippen molar-refractivity contribution in [3.05, 3.63) is 48.4 Å². The van der Waals surface area contributed by atoms with E-state index in [-0.39, 0.29) is 11.0 Å². The number of halogens is 2. The molecule has 0 aliphatic carbocycles. The number of benzene rings is 1. The van der Waals surface area contributed by atoms with Crippen LogP contribution in [0.4, 0.5) is 0 Å². The summed E-state index contributed by atoms with van der Waals surface area (Å²) >= 11 is 8.19. The molecule has 2 aromatic rings. The summed E-state index contributed by atoms with van der Waals surface area (Å²) in [7, 11) is 0. The highest BCUT2D eigenvalue weighted by Gasteiger charge is 2.22. The van der Waals surface area contributed by atoms with E-state index in [1.807, 2.05) is 68.5 Å². The number of rotatable bonds is 1. The first-order chi connectivity index (χ1) is 9.20. The highest BCUT2D eigenvalue weighted by atomic mass is 127. The number of hydrogen-bond donors (Lipinski definition) is 1. The van der Waals surface area contributed by atoms with Gasteiger partial charge >= 0.3 is 0 Å². The molecule has 0 aliphatic heterocycles. The summed E-state index contributed by atoms with van der Waals surface area (Å²) in [6.45, 7) is 8.07. The van der Waals surface area contributed by atoms with Crippen molar-refractivity contribution in [3.63, 3.8) is 0 Å². The SMILES string of the molecule is Cc1ccc(-c2nc(C(C)(C)C)c(I)c(=O)[nH]2)cc1Cl. The molecular weight excluding hydrogens is 387 g/mol. The van der Waals surface area contributed by atoms with Crippen LogP contribution in [-0.4, -0.2) is 9.97 Å². The molecule has 0 radical (unpaired) electrons. The fraction of sp³-hybridized carbons (Fsp3) is 0.333. The molecule has 5 heteroatoms. The average molecular weight is 403 g/mol. The predicted molar refractivity (Wildman–Crippen MR) is 91.5 cm³/mol. The molecule has 20 heavy (non-hydrogen) atoms. The Balaban J connectivity index is 2.67. The van der Waals surface area contributed by atoms with Gasteiger partial charge in [0.05, 0.1) is 5.69 Å². The average Bonchev–Trinajstić information content (AvgIpc) is 2.34. The molecule has 0 spiro atoms. The van der Waals surface area contributed by atoms with Crippen molar-refractivity contribution in [2.75, 3.05) is 0 Å². The number of aryl methyl sites for hydroxylation is 1. The highest BCUT2D eigenvalue weighted by molar-refractivity contribution is 14.1. The molecule has 0 unspecified atom stereocenters. The Kier molecular flexibility index (Phi) is 4.25. The van der Waals surface area contributed by atoms with E-state index >= 15 is 0 Å². The van der Waals surface area contributed by atoms with Crippen molar-refractivity contribution >= 4 is 34.2 Å². The number of aromatic nitrogens is 2. The van der Waals surface area contributed by atoms with Gasteiger partial charge in [0.1, 0.15) is 9.39 Å². The minimum atomic E-state index is -0.186. The van der Waals surface area contributed by atoms with E-state index in [4.69, 9.17) is 11.6 Å². The number of hydrogen-bond acceptors (Lipinski definition) is 2. The van der Waals surface area contributed by atoms with Crippen LogP contribution in [0.25, 0.3) is 11.4 Å². The minimum absolute atomic E-state index is 0.114. The lowest BCUT2D eigenvalue weighted by Crippen LogP contribution is -2.24. The van der Waals surface area contributed by atoms with E-state index in [1.54, 1.807) is 0 Å². The minimum Gasteiger partial charge on any atom is -0.306 e. The summed E-state index contributed by atoms with van der Waals surface area (Å²) in [6.07, 6.45) is 0. The molecule has 0 aliphatic rings. The number of nitrogens with zero attached hydrogens (tertiary/aromatic N) is 1. The molecule has 0 saturated carbocycles. The third kappa shape index (κ3) is 3.06. The summed E-state index contributed by atoms with van der Waals surface area (Å²) in [5, 5.41) is 0.668. The molecule has 1 heterocycles.